The molecule has 29 heavy (non-hydrogen) atoms. The summed E-state index contributed by atoms with van der Waals surface area (Å²) >= 11 is 9.83. The van der Waals surface area contributed by atoms with Crippen LogP contribution in [0.5, 0.6) is 11.5 Å². The van der Waals surface area contributed by atoms with Crippen molar-refractivity contribution in [3.05, 3.63) is 56.5 Å². The minimum Gasteiger partial charge on any atom is -0.454 e. The van der Waals surface area contributed by atoms with Crippen LogP contribution in [0.25, 0.3) is 0 Å². The van der Waals surface area contributed by atoms with Gasteiger partial charge in [0.25, 0.3) is 0 Å². The first-order valence-electron chi connectivity index (χ1n) is 9.88. The third-order valence-corrected chi connectivity index (χ3v) is 6.82. The van der Waals surface area contributed by atoms with E-state index < -0.39 is 5.91 Å². The van der Waals surface area contributed by atoms with Gasteiger partial charge in [-0.25, -0.2) is 0 Å². The van der Waals surface area contributed by atoms with Crippen molar-refractivity contribution in [3.8, 4) is 11.5 Å². The summed E-state index contributed by atoms with van der Waals surface area (Å²) in [4.78, 5) is 13.8. The standard InChI is InChI=1S/C22H24BrClN2O3/c23-18-12-21-20(28-13-29-21)11-16(18)9-15-4-7-26(8-5-15)6-3-14-1-2-17(22(25)27)19(24)10-14/h1-2,10-12,15H,3-9,13H2,(H2,25,27). The first-order chi connectivity index (χ1) is 14.0. The maximum Gasteiger partial charge on any atom is 0.250 e. The molecule has 5 nitrogen and oxygen atoms in total. The monoisotopic (exact) mass is 478 g/mol. The van der Waals surface area contributed by atoms with Crippen LogP contribution in [0.4, 0.5) is 0 Å². The number of piperidine rings is 1. The molecule has 0 bridgehead atoms. The lowest BCUT2D eigenvalue weighted by molar-refractivity contribution is 0.100. The molecular formula is C22H24BrClN2O3. The average Bonchev–Trinajstić information content (AvgIpc) is 3.14. The quantitative estimate of drug-likeness (QED) is 0.666. The van der Waals surface area contributed by atoms with Crippen LogP contribution in [0.3, 0.4) is 0 Å². The van der Waals surface area contributed by atoms with Crippen molar-refractivity contribution in [2.24, 2.45) is 11.7 Å². The van der Waals surface area contributed by atoms with Gasteiger partial charge in [-0.15, -0.1) is 0 Å². The zero-order chi connectivity index (χ0) is 20.4. The first-order valence-corrected chi connectivity index (χ1v) is 11.1. The largest absolute Gasteiger partial charge is 0.454 e. The molecule has 0 unspecified atom stereocenters. The minimum absolute atomic E-state index is 0.306. The topological polar surface area (TPSA) is 64.8 Å². The number of likely N-dealkylation sites (tertiary alicyclic amines) is 1. The van der Waals surface area contributed by atoms with Crippen LogP contribution in [0.15, 0.2) is 34.8 Å². The number of benzene rings is 2. The van der Waals surface area contributed by atoms with E-state index in [1.54, 1.807) is 6.07 Å². The number of amides is 1. The van der Waals surface area contributed by atoms with Gasteiger partial charge in [0, 0.05) is 11.0 Å². The molecule has 2 aromatic rings. The van der Waals surface area contributed by atoms with Crippen LogP contribution in [-0.4, -0.2) is 37.2 Å². The number of hydrogen-bond acceptors (Lipinski definition) is 4. The van der Waals surface area contributed by atoms with Gasteiger partial charge in [0.05, 0.1) is 10.6 Å². The number of carbonyl (C=O) groups excluding carboxylic acids is 1. The van der Waals surface area contributed by atoms with Crippen molar-refractivity contribution < 1.29 is 14.3 Å². The minimum atomic E-state index is -0.488. The summed E-state index contributed by atoms with van der Waals surface area (Å²) in [6.07, 6.45) is 4.33. The molecule has 4 rings (SSSR count). The molecule has 7 heteroatoms. The van der Waals surface area contributed by atoms with E-state index in [0.717, 1.165) is 54.0 Å². The van der Waals surface area contributed by atoms with E-state index in [9.17, 15) is 4.79 Å². The van der Waals surface area contributed by atoms with Gasteiger partial charge in [0.1, 0.15) is 0 Å². The Kier molecular flexibility index (Phi) is 6.32. The highest BCUT2D eigenvalue weighted by Crippen LogP contribution is 2.38. The van der Waals surface area contributed by atoms with Crippen LogP contribution in [-0.2, 0) is 12.8 Å². The highest BCUT2D eigenvalue weighted by atomic mass is 79.9. The highest BCUT2D eigenvalue weighted by Gasteiger charge is 2.22. The molecule has 2 aromatic carbocycles. The van der Waals surface area contributed by atoms with Gasteiger partial charge in [-0.1, -0.05) is 33.6 Å². The van der Waals surface area contributed by atoms with E-state index in [1.807, 2.05) is 18.2 Å². The Morgan fingerprint density at radius 3 is 2.59 bits per heavy atom. The molecule has 154 valence electrons. The molecule has 0 saturated carbocycles. The molecule has 1 amide bonds. The van der Waals surface area contributed by atoms with Gasteiger partial charge in [0.2, 0.25) is 12.7 Å². The van der Waals surface area contributed by atoms with Gasteiger partial charge in [0.15, 0.2) is 11.5 Å². The number of fused-ring (bicyclic) bond motifs is 1. The predicted octanol–water partition coefficient (Wildman–Crippen LogP) is 4.43. The van der Waals surface area contributed by atoms with Crippen molar-refractivity contribution >= 4 is 33.4 Å². The summed E-state index contributed by atoms with van der Waals surface area (Å²) < 4.78 is 12.1. The average molecular weight is 480 g/mol. The molecule has 2 aliphatic rings. The number of rotatable bonds is 6. The van der Waals surface area contributed by atoms with Crippen molar-refractivity contribution in [2.75, 3.05) is 26.4 Å². The number of primary amides is 1. The summed E-state index contributed by atoms with van der Waals surface area (Å²) in [6, 6.07) is 9.64. The van der Waals surface area contributed by atoms with Gasteiger partial charge < -0.3 is 20.1 Å². The molecule has 2 aliphatic heterocycles. The fourth-order valence-corrected chi connectivity index (χ4v) is 4.82. The van der Waals surface area contributed by atoms with E-state index in [2.05, 4.69) is 26.9 Å². The van der Waals surface area contributed by atoms with E-state index in [4.69, 9.17) is 26.8 Å². The molecule has 0 spiro atoms. The van der Waals surface area contributed by atoms with Crippen molar-refractivity contribution in [2.45, 2.75) is 25.7 Å². The van der Waals surface area contributed by atoms with Crippen LogP contribution < -0.4 is 15.2 Å². The number of hydrogen-bond donors (Lipinski definition) is 1. The third-order valence-electron chi connectivity index (χ3n) is 5.77. The summed E-state index contributed by atoms with van der Waals surface area (Å²) in [6.45, 7) is 3.49. The van der Waals surface area contributed by atoms with Crippen LogP contribution >= 0.6 is 27.5 Å². The zero-order valence-corrected chi connectivity index (χ0v) is 18.5. The van der Waals surface area contributed by atoms with Crippen molar-refractivity contribution in [1.82, 2.24) is 4.90 Å². The Bertz CT molecular complexity index is 913. The molecule has 0 atom stereocenters. The summed E-state index contributed by atoms with van der Waals surface area (Å²) in [5, 5.41) is 0.433. The highest BCUT2D eigenvalue weighted by molar-refractivity contribution is 9.10. The summed E-state index contributed by atoms with van der Waals surface area (Å²) in [5.41, 5.74) is 8.11. The Balaban J connectivity index is 1.27. The summed E-state index contributed by atoms with van der Waals surface area (Å²) in [5.74, 6) is 1.85. The fourth-order valence-electron chi connectivity index (χ4n) is 4.04. The molecule has 2 heterocycles. The van der Waals surface area contributed by atoms with Crippen LogP contribution in [0, 0.1) is 5.92 Å². The molecule has 0 radical (unpaired) electrons. The Morgan fingerprint density at radius 2 is 1.90 bits per heavy atom. The fraction of sp³-hybridized carbons (Fsp3) is 0.409. The number of halogens is 2. The van der Waals surface area contributed by atoms with E-state index in [-0.39, 0.29) is 0 Å². The Hall–Kier alpha value is -1.76. The molecular weight excluding hydrogens is 456 g/mol. The van der Waals surface area contributed by atoms with E-state index >= 15 is 0 Å². The second kappa shape index (κ2) is 8.94. The Morgan fingerprint density at radius 1 is 1.17 bits per heavy atom. The third kappa shape index (κ3) is 4.87. The van der Waals surface area contributed by atoms with Gasteiger partial charge in [-0.05, 0) is 80.1 Å². The van der Waals surface area contributed by atoms with E-state index in [1.165, 1.54) is 18.4 Å². The Labute approximate surface area is 184 Å². The van der Waals surface area contributed by atoms with Gasteiger partial charge >= 0.3 is 0 Å². The predicted molar refractivity (Wildman–Crippen MR) is 117 cm³/mol. The van der Waals surface area contributed by atoms with Crippen molar-refractivity contribution in [3.63, 3.8) is 0 Å². The van der Waals surface area contributed by atoms with Crippen molar-refractivity contribution in [1.29, 1.82) is 0 Å². The van der Waals surface area contributed by atoms with Gasteiger partial charge in [-0.3, -0.25) is 4.79 Å². The lowest BCUT2D eigenvalue weighted by Crippen LogP contribution is -2.35. The maximum absolute atomic E-state index is 11.3. The molecule has 2 N–H and O–H groups in total. The zero-order valence-electron chi connectivity index (χ0n) is 16.1. The number of nitrogens with zero attached hydrogens (tertiary/aromatic N) is 1. The lowest BCUT2D eigenvalue weighted by atomic mass is 9.90. The smallest absolute Gasteiger partial charge is 0.250 e. The summed E-state index contributed by atoms with van der Waals surface area (Å²) in [7, 11) is 0. The maximum atomic E-state index is 11.3. The van der Waals surface area contributed by atoms with Crippen LogP contribution in [0.2, 0.25) is 5.02 Å². The molecule has 1 fully saturated rings. The second-order valence-corrected chi connectivity index (χ2v) is 8.98. The lowest BCUT2D eigenvalue weighted by Gasteiger charge is -2.32. The first kappa shape index (κ1) is 20.5. The van der Waals surface area contributed by atoms with E-state index in [0.29, 0.717) is 23.3 Å². The molecule has 1 saturated heterocycles. The number of nitrogens with two attached hydrogens (primary N) is 1. The van der Waals surface area contributed by atoms with Gasteiger partial charge in [-0.2, -0.15) is 0 Å². The molecule has 0 aliphatic carbocycles. The normalized spacial score (nSPS) is 16.9. The van der Waals surface area contributed by atoms with Crippen LogP contribution in [0.1, 0.15) is 34.3 Å². The number of carbonyl (C=O) groups is 1. The number of ether oxygens (including phenoxy) is 2. The second-order valence-electron chi connectivity index (χ2n) is 7.71. The SMILES string of the molecule is NC(=O)c1ccc(CCN2CCC(Cc3cc4c(cc3Br)OCO4)CC2)cc1Cl. The molecule has 0 aromatic heterocycles.